The molecule has 0 spiro atoms. The van der Waals surface area contributed by atoms with Crippen molar-refractivity contribution in [1.82, 2.24) is 4.57 Å². The van der Waals surface area contributed by atoms with Crippen LogP contribution < -0.4 is 10.9 Å². The Morgan fingerprint density at radius 1 is 0.524 bits per heavy atom. The first-order chi connectivity index (χ1) is 20.7. The van der Waals surface area contributed by atoms with Gasteiger partial charge in [0.15, 0.2) is 0 Å². The zero-order valence-electron chi connectivity index (χ0n) is 23.2. The van der Waals surface area contributed by atoms with E-state index >= 15 is 0 Å². The largest absolute Gasteiger partial charge is 0.309 e. The zero-order chi connectivity index (χ0) is 28.0. The van der Waals surface area contributed by atoms with E-state index in [2.05, 4.69) is 150 Å². The van der Waals surface area contributed by atoms with Crippen LogP contribution in [0.3, 0.4) is 0 Å². The Morgan fingerprint density at radius 2 is 1.19 bits per heavy atom. The van der Waals surface area contributed by atoms with E-state index < -0.39 is 0 Å². The predicted molar refractivity (Wildman–Crippen MR) is 177 cm³/mol. The minimum absolute atomic E-state index is 0.885. The zero-order valence-corrected chi connectivity index (χ0v) is 23.2. The van der Waals surface area contributed by atoms with E-state index in [1.807, 2.05) is 12.1 Å². The average Bonchev–Trinajstić information content (AvgIpc) is 3.38. The van der Waals surface area contributed by atoms with Gasteiger partial charge in [-0.25, -0.2) is 0 Å². The average molecular weight is 541 g/mol. The highest BCUT2D eigenvalue weighted by atomic mass is 15.4. The summed E-state index contributed by atoms with van der Waals surface area (Å²) in [6.07, 6.45) is 0. The third-order valence-electron chi connectivity index (χ3n) is 8.15. The molecule has 0 radical (unpaired) electrons. The van der Waals surface area contributed by atoms with Gasteiger partial charge in [-0.2, -0.15) is 0 Å². The van der Waals surface area contributed by atoms with Crippen molar-refractivity contribution in [3.63, 3.8) is 0 Å². The highest BCUT2D eigenvalue weighted by Gasteiger charge is 2.20. The lowest BCUT2D eigenvalue weighted by atomic mass is 9.96. The second-order valence-corrected chi connectivity index (χ2v) is 10.7. The molecule has 0 saturated heterocycles. The molecule has 7 aromatic rings. The van der Waals surface area contributed by atoms with Crippen molar-refractivity contribution in [2.75, 3.05) is 10.9 Å². The highest BCUT2D eigenvalue weighted by molar-refractivity contribution is 6.19. The van der Waals surface area contributed by atoms with Crippen molar-refractivity contribution in [3.05, 3.63) is 145 Å². The summed E-state index contributed by atoms with van der Waals surface area (Å²) in [7, 11) is 0. The van der Waals surface area contributed by atoms with Gasteiger partial charge >= 0.3 is 0 Å². The molecule has 0 saturated carbocycles. The van der Waals surface area contributed by atoms with Crippen LogP contribution in [0.2, 0.25) is 0 Å². The lowest BCUT2D eigenvalue weighted by Gasteiger charge is -2.15. The fourth-order valence-electron chi connectivity index (χ4n) is 6.13. The van der Waals surface area contributed by atoms with Crippen molar-refractivity contribution < 1.29 is 0 Å². The molecule has 4 nitrogen and oxygen atoms in total. The lowest BCUT2D eigenvalue weighted by Crippen LogP contribution is -2.09. The lowest BCUT2D eigenvalue weighted by molar-refractivity contribution is 1.18. The van der Waals surface area contributed by atoms with Gasteiger partial charge < -0.3 is 9.99 Å². The first kappa shape index (κ1) is 24.2. The maximum atomic E-state index is 5.19. The van der Waals surface area contributed by atoms with Gasteiger partial charge in [0.25, 0.3) is 0 Å². The quantitative estimate of drug-likeness (QED) is 0.229. The monoisotopic (exact) mass is 540 g/mol. The normalized spacial score (nSPS) is 12.5. The van der Waals surface area contributed by atoms with Crippen LogP contribution >= 0.6 is 0 Å². The molecule has 42 heavy (non-hydrogen) atoms. The Hall–Kier alpha value is -5.61. The third-order valence-corrected chi connectivity index (χ3v) is 8.15. The molecule has 1 aliphatic heterocycles. The Labute approximate surface area is 244 Å². The van der Waals surface area contributed by atoms with Crippen molar-refractivity contribution in [3.8, 4) is 27.9 Å². The van der Waals surface area contributed by atoms with Gasteiger partial charge in [-0.1, -0.05) is 91.0 Å². The number of anilines is 2. The number of hydrogen-bond donors (Lipinski definition) is 2. The van der Waals surface area contributed by atoms with Gasteiger partial charge in [0.05, 0.1) is 28.1 Å². The number of nitrogens with zero attached hydrogens (tertiary/aromatic N) is 2. The van der Waals surface area contributed by atoms with Gasteiger partial charge in [0, 0.05) is 33.3 Å². The second-order valence-electron chi connectivity index (χ2n) is 10.7. The second kappa shape index (κ2) is 9.79. The summed E-state index contributed by atoms with van der Waals surface area (Å²) < 4.78 is 2.39. The summed E-state index contributed by atoms with van der Waals surface area (Å²) in [4.78, 5) is 5.19. The van der Waals surface area contributed by atoms with Crippen molar-refractivity contribution in [2.45, 2.75) is 6.92 Å². The summed E-state index contributed by atoms with van der Waals surface area (Å²) in [6, 6.07) is 49.3. The molecule has 0 aliphatic carbocycles. The number of para-hydroxylation sites is 4. The molecule has 6 aromatic carbocycles. The Kier molecular flexibility index (Phi) is 5.64. The van der Waals surface area contributed by atoms with Crippen LogP contribution in [-0.4, -0.2) is 10.3 Å². The van der Waals surface area contributed by atoms with Crippen LogP contribution in [-0.2, 0) is 0 Å². The molecule has 2 N–H and O–H groups in total. The summed E-state index contributed by atoms with van der Waals surface area (Å²) >= 11 is 0. The van der Waals surface area contributed by atoms with E-state index in [1.54, 1.807) is 0 Å². The fourth-order valence-corrected chi connectivity index (χ4v) is 6.13. The van der Waals surface area contributed by atoms with Crippen molar-refractivity contribution in [1.29, 1.82) is 0 Å². The van der Waals surface area contributed by atoms with E-state index in [-0.39, 0.29) is 0 Å². The van der Waals surface area contributed by atoms with E-state index in [1.165, 1.54) is 27.4 Å². The molecule has 2 heterocycles. The van der Waals surface area contributed by atoms with E-state index in [9.17, 15) is 0 Å². The maximum Gasteiger partial charge on any atom is 0.0882 e. The van der Waals surface area contributed by atoms with Crippen molar-refractivity contribution in [2.24, 2.45) is 4.99 Å². The highest BCUT2D eigenvalue weighted by Crippen LogP contribution is 2.40. The minimum atomic E-state index is 0.885. The first-order valence-corrected chi connectivity index (χ1v) is 14.2. The molecular weight excluding hydrogens is 512 g/mol. The molecule has 1 aromatic heterocycles. The number of hydrogen-bond acceptors (Lipinski definition) is 3. The summed E-state index contributed by atoms with van der Waals surface area (Å²) in [5, 5.41) is 2.42. The molecule has 0 amide bonds. The molecule has 4 heteroatoms. The molecule has 200 valence electrons. The smallest absolute Gasteiger partial charge is 0.0882 e. The number of aliphatic imine (C=N–C) groups is 1. The number of benzene rings is 6. The Balaban J connectivity index is 1.45. The summed E-state index contributed by atoms with van der Waals surface area (Å²) in [5.74, 6) is 0. The molecule has 8 rings (SSSR count). The standard InChI is InChI=1S/C38H28N4/c1-25-32-23-28(30-13-5-7-15-34(30)40-41-36-17-9-8-16-35(36)39-25)24-33-31-14-6-10-18-37(31)42(38(32)33)29-21-19-27(20-22-29)26-11-3-2-4-12-26/h2-24,40-41H,1H3. The van der Waals surface area contributed by atoms with Gasteiger partial charge in [0.1, 0.15) is 0 Å². The van der Waals surface area contributed by atoms with E-state index in [0.29, 0.717) is 0 Å². The molecule has 0 fully saturated rings. The number of aromatic nitrogens is 1. The number of rotatable bonds is 2. The van der Waals surface area contributed by atoms with E-state index in [4.69, 9.17) is 4.99 Å². The molecule has 2 bridgehead atoms. The Morgan fingerprint density at radius 3 is 2.05 bits per heavy atom. The minimum Gasteiger partial charge on any atom is -0.309 e. The topological polar surface area (TPSA) is 41.4 Å². The SMILES string of the molecule is CC1=Nc2ccccc2NNc2ccccc2-c2cc1c1c(c2)c2ccccc2n1-c1ccc(-c2ccccc2)cc1. The van der Waals surface area contributed by atoms with E-state index in [0.717, 1.165) is 50.7 Å². The van der Waals surface area contributed by atoms with Gasteiger partial charge in [-0.15, -0.1) is 0 Å². The Bertz CT molecular complexity index is 2140. The predicted octanol–water partition coefficient (Wildman–Crippen LogP) is 10.0. The molecular formula is C38H28N4. The molecule has 0 atom stereocenters. The number of fused-ring (bicyclic) bond motifs is 9. The fraction of sp³-hybridized carbons (Fsp3) is 0.0263. The maximum absolute atomic E-state index is 5.19. The summed E-state index contributed by atoms with van der Waals surface area (Å²) in [5.41, 5.74) is 19.9. The first-order valence-electron chi connectivity index (χ1n) is 14.2. The van der Waals surface area contributed by atoms with Crippen LogP contribution in [0.1, 0.15) is 12.5 Å². The van der Waals surface area contributed by atoms with Crippen LogP contribution in [0.25, 0.3) is 49.7 Å². The third kappa shape index (κ3) is 3.96. The summed E-state index contributed by atoms with van der Waals surface area (Å²) in [6.45, 7) is 2.12. The van der Waals surface area contributed by atoms with Crippen LogP contribution in [0.5, 0.6) is 0 Å². The molecule has 0 unspecified atom stereocenters. The van der Waals surface area contributed by atoms with Gasteiger partial charge in [0.2, 0.25) is 0 Å². The van der Waals surface area contributed by atoms with Crippen LogP contribution in [0.15, 0.2) is 145 Å². The van der Waals surface area contributed by atoms with Gasteiger partial charge in [-0.3, -0.25) is 10.4 Å². The van der Waals surface area contributed by atoms with Crippen molar-refractivity contribution >= 4 is 44.6 Å². The number of hydrazine groups is 1. The van der Waals surface area contributed by atoms with Crippen LogP contribution in [0, 0.1) is 0 Å². The molecule has 1 aliphatic rings. The number of nitrogens with one attached hydrogen (secondary N) is 2. The van der Waals surface area contributed by atoms with Crippen LogP contribution in [0.4, 0.5) is 17.1 Å². The van der Waals surface area contributed by atoms with Gasteiger partial charge in [-0.05, 0) is 72.1 Å².